The van der Waals surface area contributed by atoms with Crippen molar-refractivity contribution in [1.82, 2.24) is 30.1 Å². The summed E-state index contributed by atoms with van der Waals surface area (Å²) in [6.07, 6.45) is 5.47. The molecular weight excluding hydrogens is 363 g/mol. The SMILES string of the molecule is CC(C)NC(=O)c1cn(C[C@@H]2C[C@H](F)CN2C(=O)CN2CCCCCC2)nn1. The molecule has 3 heterocycles. The lowest BCUT2D eigenvalue weighted by Crippen LogP contribution is -2.44. The van der Waals surface area contributed by atoms with E-state index in [0.29, 0.717) is 19.5 Å². The van der Waals surface area contributed by atoms with E-state index in [2.05, 4.69) is 20.5 Å². The molecule has 1 N–H and O–H groups in total. The molecule has 0 bridgehead atoms. The van der Waals surface area contributed by atoms with Crippen molar-refractivity contribution in [3.63, 3.8) is 0 Å². The molecule has 2 fully saturated rings. The number of hydrogen-bond donors (Lipinski definition) is 1. The van der Waals surface area contributed by atoms with Gasteiger partial charge < -0.3 is 10.2 Å². The van der Waals surface area contributed by atoms with Crippen LogP contribution in [-0.2, 0) is 11.3 Å². The number of carbonyl (C=O) groups is 2. The van der Waals surface area contributed by atoms with E-state index in [1.807, 2.05) is 13.8 Å². The smallest absolute Gasteiger partial charge is 0.273 e. The maximum atomic E-state index is 14.1. The van der Waals surface area contributed by atoms with Gasteiger partial charge in [-0.3, -0.25) is 14.5 Å². The fraction of sp³-hybridized carbons (Fsp3) is 0.789. The number of likely N-dealkylation sites (tertiary alicyclic amines) is 2. The fourth-order valence-electron chi connectivity index (χ4n) is 3.96. The van der Waals surface area contributed by atoms with Crippen LogP contribution < -0.4 is 5.32 Å². The molecule has 0 aliphatic carbocycles. The first-order valence-electron chi connectivity index (χ1n) is 10.3. The summed E-state index contributed by atoms with van der Waals surface area (Å²) in [5.74, 6) is -0.310. The summed E-state index contributed by atoms with van der Waals surface area (Å²) < 4.78 is 15.6. The van der Waals surface area contributed by atoms with Gasteiger partial charge in [-0.25, -0.2) is 9.07 Å². The maximum absolute atomic E-state index is 14.1. The number of aromatic nitrogens is 3. The molecular formula is C19H31FN6O2. The molecule has 2 aliphatic rings. The van der Waals surface area contributed by atoms with Gasteiger partial charge in [0.05, 0.1) is 31.9 Å². The molecule has 0 aromatic carbocycles. The largest absolute Gasteiger partial charge is 0.348 e. The van der Waals surface area contributed by atoms with Crippen molar-refractivity contribution in [2.75, 3.05) is 26.2 Å². The van der Waals surface area contributed by atoms with E-state index in [0.717, 1.165) is 25.9 Å². The van der Waals surface area contributed by atoms with Gasteiger partial charge in [0.25, 0.3) is 5.91 Å². The Morgan fingerprint density at radius 3 is 2.64 bits per heavy atom. The van der Waals surface area contributed by atoms with Crippen molar-refractivity contribution in [2.24, 2.45) is 0 Å². The number of carbonyl (C=O) groups excluding carboxylic acids is 2. The van der Waals surface area contributed by atoms with Crippen molar-refractivity contribution < 1.29 is 14.0 Å². The first-order chi connectivity index (χ1) is 13.4. The monoisotopic (exact) mass is 394 g/mol. The highest BCUT2D eigenvalue weighted by Crippen LogP contribution is 2.22. The van der Waals surface area contributed by atoms with Gasteiger partial charge in [-0.2, -0.15) is 0 Å². The van der Waals surface area contributed by atoms with Crippen LogP contribution in [0.25, 0.3) is 0 Å². The van der Waals surface area contributed by atoms with Gasteiger partial charge in [-0.05, 0) is 39.8 Å². The van der Waals surface area contributed by atoms with Gasteiger partial charge in [0.2, 0.25) is 5.91 Å². The molecule has 2 saturated heterocycles. The molecule has 0 unspecified atom stereocenters. The van der Waals surface area contributed by atoms with E-state index in [4.69, 9.17) is 0 Å². The highest BCUT2D eigenvalue weighted by molar-refractivity contribution is 5.92. The second-order valence-electron chi connectivity index (χ2n) is 8.18. The predicted octanol–water partition coefficient (Wildman–Crippen LogP) is 1.23. The third kappa shape index (κ3) is 5.50. The number of alkyl halides is 1. The summed E-state index contributed by atoms with van der Waals surface area (Å²) in [5, 5.41) is 10.7. The molecule has 1 aromatic rings. The lowest BCUT2D eigenvalue weighted by Gasteiger charge is -2.27. The van der Waals surface area contributed by atoms with Gasteiger partial charge in [0.1, 0.15) is 6.17 Å². The lowest BCUT2D eigenvalue weighted by atomic mass is 10.2. The third-order valence-corrected chi connectivity index (χ3v) is 5.33. The van der Waals surface area contributed by atoms with Crippen molar-refractivity contribution in [1.29, 1.82) is 0 Å². The van der Waals surface area contributed by atoms with Gasteiger partial charge in [-0.1, -0.05) is 18.1 Å². The zero-order chi connectivity index (χ0) is 20.1. The van der Waals surface area contributed by atoms with Gasteiger partial charge in [0.15, 0.2) is 5.69 Å². The van der Waals surface area contributed by atoms with Crippen molar-refractivity contribution >= 4 is 11.8 Å². The van der Waals surface area contributed by atoms with Crippen LogP contribution >= 0.6 is 0 Å². The predicted molar refractivity (Wildman–Crippen MR) is 103 cm³/mol. The summed E-state index contributed by atoms with van der Waals surface area (Å²) in [6, 6.07) is -0.260. The molecule has 0 spiro atoms. The molecule has 3 rings (SSSR count). The van der Waals surface area contributed by atoms with Crippen LogP contribution in [0.2, 0.25) is 0 Å². The molecule has 0 radical (unpaired) electrons. The molecule has 2 atom stereocenters. The molecule has 2 aliphatic heterocycles. The molecule has 0 saturated carbocycles. The summed E-state index contributed by atoms with van der Waals surface area (Å²) in [6.45, 7) is 6.43. The quantitative estimate of drug-likeness (QED) is 0.785. The summed E-state index contributed by atoms with van der Waals surface area (Å²) in [5.41, 5.74) is 0.228. The number of nitrogens with one attached hydrogen (secondary N) is 1. The molecule has 28 heavy (non-hydrogen) atoms. The number of halogens is 1. The summed E-state index contributed by atoms with van der Waals surface area (Å²) >= 11 is 0. The van der Waals surface area contributed by atoms with Crippen LogP contribution in [0, 0.1) is 0 Å². The lowest BCUT2D eigenvalue weighted by molar-refractivity contribution is -0.133. The summed E-state index contributed by atoms with van der Waals surface area (Å²) in [4.78, 5) is 28.7. The topological polar surface area (TPSA) is 83.4 Å². The number of hydrogen-bond acceptors (Lipinski definition) is 5. The van der Waals surface area contributed by atoms with E-state index >= 15 is 0 Å². The Hall–Kier alpha value is -2.03. The Bertz CT molecular complexity index is 671. The zero-order valence-electron chi connectivity index (χ0n) is 16.8. The highest BCUT2D eigenvalue weighted by atomic mass is 19.1. The Morgan fingerprint density at radius 1 is 1.25 bits per heavy atom. The standard InChI is InChI=1S/C19H31FN6O2/c1-14(2)21-19(28)17-12-25(23-22-17)11-16-9-15(20)10-26(16)18(27)13-24-7-5-3-4-6-8-24/h12,14-16H,3-11,13H2,1-2H3,(H,21,28)/t15-,16-/m0/s1. The molecule has 2 amide bonds. The van der Waals surface area contributed by atoms with Crippen LogP contribution in [0.1, 0.15) is 56.4 Å². The molecule has 9 heteroatoms. The third-order valence-electron chi connectivity index (χ3n) is 5.33. The Balaban J connectivity index is 1.59. The first-order valence-corrected chi connectivity index (χ1v) is 10.3. The van der Waals surface area contributed by atoms with Crippen LogP contribution in [-0.4, -0.2) is 81.0 Å². The van der Waals surface area contributed by atoms with Crippen molar-refractivity contribution in [2.45, 2.75) is 70.8 Å². The first kappa shape index (κ1) is 20.7. The molecule has 8 nitrogen and oxygen atoms in total. The molecule has 1 aromatic heterocycles. The maximum Gasteiger partial charge on any atom is 0.273 e. The Kier molecular flexibility index (Phi) is 6.98. The van der Waals surface area contributed by atoms with Crippen LogP contribution in [0.4, 0.5) is 4.39 Å². The van der Waals surface area contributed by atoms with E-state index in [9.17, 15) is 14.0 Å². The number of nitrogens with zero attached hydrogens (tertiary/aromatic N) is 5. The van der Waals surface area contributed by atoms with E-state index in [1.165, 1.54) is 17.5 Å². The van der Waals surface area contributed by atoms with E-state index in [-0.39, 0.29) is 36.1 Å². The second-order valence-corrected chi connectivity index (χ2v) is 8.18. The zero-order valence-corrected chi connectivity index (χ0v) is 16.8. The Morgan fingerprint density at radius 2 is 1.96 bits per heavy atom. The average molecular weight is 394 g/mol. The van der Waals surface area contributed by atoms with E-state index < -0.39 is 6.17 Å². The van der Waals surface area contributed by atoms with Crippen LogP contribution in [0.3, 0.4) is 0 Å². The summed E-state index contributed by atoms with van der Waals surface area (Å²) in [7, 11) is 0. The fourth-order valence-corrected chi connectivity index (χ4v) is 3.96. The minimum Gasteiger partial charge on any atom is -0.348 e. The van der Waals surface area contributed by atoms with E-state index in [1.54, 1.807) is 11.1 Å². The van der Waals surface area contributed by atoms with Crippen LogP contribution in [0.15, 0.2) is 6.20 Å². The molecule has 156 valence electrons. The minimum absolute atomic E-state index is 0.00637. The van der Waals surface area contributed by atoms with Gasteiger partial charge in [0, 0.05) is 12.5 Å². The van der Waals surface area contributed by atoms with Crippen molar-refractivity contribution in [3.05, 3.63) is 11.9 Å². The minimum atomic E-state index is -1.02. The normalized spacial score (nSPS) is 23.8. The van der Waals surface area contributed by atoms with Crippen LogP contribution in [0.5, 0.6) is 0 Å². The highest BCUT2D eigenvalue weighted by Gasteiger charge is 2.36. The second kappa shape index (κ2) is 9.45. The average Bonchev–Trinajstić information content (AvgIpc) is 3.15. The number of rotatable bonds is 6. The van der Waals surface area contributed by atoms with Crippen molar-refractivity contribution in [3.8, 4) is 0 Å². The van der Waals surface area contributed by atoms with Gasteiger partial charge in [-0.15, -0.1) is 5.10 Å². The Labute approximate surface area is 165 Å². The number of amides is 2. The van der Waals surface area contributed by atoms with Gasteiger partial charge >= 0.3 is 0 Å².